The molecule has 1 amide bonds. The van der Waals surface area contributed by atoms with E-state index in [1.165, 1.54) is 0 Å². The van der Waals surface area contributed by atoms with Crippen molar-refractivity contribution in [2.75, 3.05) is 0 Å². The van der Waals surface area contributed by atoms with Gasteiger partial charge in [0.15, 0.2) is 0 Å². The molecule has 0 radical (unpaired) electrons. The highest BCUT2D eigenvalue weighted by Crippen LogP contribution is 2.30. The number of hydrogen-bond donors (Lipinski definition) is 1. The van der Waals surface area contributed by atoms with Crippen LogP contribution < -0.4 is 5.32 Å². The Bertz CT molecular complexity index is 773. The first kappa shape index (κ1) is 13.3. The zero-order valence-corrected chi connectivity index (χ0v) is 12.9. The van der Waals surface area contributed by atoms with Gasteiger partial charge in [-0.05, 0) is 30.9 Å². The lowest BCUT2D eigenvalue weighted by molar-refractivity contribution is 0.0955. The van der Waals surface area contributed by atoms with E-state index in [0.29, 0.717) is 6.54 Å². The smallest absolute Gasteiger partial charge is 0.261 e. The normalized spacial score (nSPS) is 10.9. The summed E-state index contributed by atoms with van der Waals surface area (Å²) in [6, 6.07) is 8.12. The molecule has 2 aromatic heterocycles. The Balaban J connectivity index is 1.80. The highest BCUT2D eigenvalue weighted by atomic mass is 32.1. The van der Waals surface area contributed by atoms with Crippen LogP contribution in [0.2, 0.25) is 0 Å². The third-order valence-corrected chi connectivity index (χ3v) is 5.33. The molecule has 0 bridgehead atoms. The topological polar surface area (TPSA) is 42.0 Å². The molecule has 0 atom stereocenters. The number of benzene rings is 1. The van der Waals surface area contributed by atoms with Crippen LogP contribution in [0.4, 0.5) is 0 Å². The molecule has 1 N–H and O–H groups in total. The van der Waals surface area contributed by atoms with Crippen LogP contribution in [-0.4, -0.2) is 10.9 Å². The highest BCUT2D eigenvalue weighted by Gasteiger charge is 2.15. The predicted molar refractivity (Wildman–Crippen MR) is 84.6 cm³/mol. The standard InChI is InChI=1S/C15H14N2OS2/c1-9-12-5-3-4-6-13(12)20-14(9)15(18)17-8-11-7-16-10(2)19-11/h3-7H,8H2,1-2H3,(H,17,18). The lowest BCUT2D eigenvalue weighted by Crippen LogP contribution is -2.21. The number of amides is 1. The lowest BCUT2D eigenvalue weighted by Gasteiger charge is -2.02. The average Bonchev–Trinajstić information content (AvgIpc) is 3.01. The van der Waals surface area contributed by atoms with E-state index in [-0.39, 0.29) is 5.91 Å². The fourth-order valence-corrected chi connectivity index (χ4v) is 3.99. The van der Waals surface area contributed by atoms with Crippen LogP contribution in [0, 0.1) is 13.8 Å². The Morgan fingerprint density at radius 2 is 2.05 bits per heavy atom. The molecule has 3 rings (SSSR count). The molecule has 0 fully saturated rings. The number of nitrogens with one attached hydrogen (secondary N) is 1. The molecule has 20 heavy (non-hydrogen) atoms. The monoisotopic (exact) mass is 302 g/mol. The second kappa shape index (κ2) is 5.34. The van der Waals surface area contributed by atoms with E-state index in [1.807, 2.05) is 32.2 Å². The van der Waals surface area contributed by atoms with Crippen LogP contribution in [0.5, 0.6) is 0 Å². The summed E-state index contributed by atoms with van der Waals surface area (Å²) >= 11 is 3.16. The van der Waals surface area contributed by atoms with Crippen molar-refractivity contribution in [2.24, 2.45) is 0 Å². The summed E-state index contributed by atoms with van der Waals surface area (Å²) in [6.45, 7) is 4.51. The maximum absolute atomic E-state index is 12.3. The molecule has 0 saturated heterocycles. The van der Waals surface area contributed by atoms with Gasteiger partial charge in [0.25, 0.3) is 5.91 Å². The van der Waals surface area contributed by atoms with Gasteiger partial charge in [-0.1, -0.05) is 18.2 Å². The molecular formula is C15H14N2OS2. The van der Waals surface area contributed by atoms with E-state index >= 15 is 0 Å². The summed E-state index contributed by atoms with van der Waals surface area (Å²) < 4.78 is 1.16. The van der Waals surface area contributed by atoms with Crippen molar-refractivity contribution >= 4 is 38.7 Å². The van der Waals surface area contributed by atoms with Gasteiger partial charge in [0.05, 0.1) is 16.4 Å². The average molecular weight is 302 g/mol. The third kappa shape index (κ3) is 2.46. The van der Waals surface area contributed by atoms with Crippen molar-refractivity contribution in [1.29, 1.82) is 0 Å². The van der Waals surface area contributed by atoms with Crippen LogP contribution in [-0.2, 0) is 6.54 Å². The first-order valence-electron chi connectivity index (χ1n) is 6.33. The first-order valence-corrected chi connectivity index (χ1v) is 7.96. The number of rotatable bonds is 3. The molecule has 5 heteroatoms. The van der Waals surface area contributed by atoms with Crippen LogP contribution in [0.25, 0.3) is 10.1 Å². The second-order valence-corrected chi connectivity index (χ2v) is 6.95. The Morgan fingerprint density at radius 3 is 2.75 bits per heavy atom. The van der Waals surface area contributed by atoms with E-state index in [1.54, 1.807) is 22.7 Å². The third-order valence-electron chi connectivity index (χ3n) is 3.14. The van der Waals surface area contributed by atoms with Gasteiger partial charge >= 0.3 is 0 Å². The van der Waals surface area contributed by atoms with Crippen LogP contribution in [0.15, 0.2) is 30.5 Å². The number of aromatic nitrogens is 1. The quantitative estimate of drug-likeness (QED) is 0.797. The molecule has 1 aromatic carbocycles. The zero-order valence-electron chi connectivity index (χ0n) is 11.3. The number of aryl methyl sites for hydroxylation is 2. The SMILES string of the molecule is Cc1ncc(CNC(=O)c2sc3ccccc3c2C)s1. The van der Waals surface area contributed by atoms with E-state index < -0.39 is 0 Å². The van der Waals surface area contributed by atoms with Crippen molar-refractivity contribution in [2.45, 2.75) is 20.4 Å². The molecule has 3 nitrogen and oxygen atoms in total. The number of fused-ring (bicyclic) bond motifs is 1. The van der Waals surface area contributed by atoms with Crippen LogP contribution >= 0.6 is 22.7 Å². The minimum Gasteiger partial charge on any atom is -0.346 e. The second-order valence-electron chi connectivity index (χ2n) is 4.58. The number of thiophene rings is 1. The van der Waals surface area contributed by atoms with E-state index in [0.717, 1.165) is 30.4 Å². The Morgan fingerprint density at radius 1 is 1.25 bits per heavy atom. The van der Waals surface area contributed by atoms with Gasteiger partial charge in [-0.2, -0.15) is 0 Å². The van der Waals surface area contributed by atoms with Gasteiger partial charge in [-0.3, -0.25) is 4.79 Å². The van der Waals surface area contributed by atoms with Gasteiger partial charge in [-0.15, -0.1) is 22.7 Å². The van der Waals surface area contributed by atoms with Gasteiger partial charge in [0, 0.05) is 15.8 Å². The minimum absolute atomic E-state index is 0.00486. The number of thiazole rings is 1. The summed E-state index contributed by atoms with van der Waals surface area (Å²) in [7, 11) is 0. The fraction of sp³-hybridized carbons (Fsp3) is 0.200. The fourth-order valence-electron chi connectivity index (χ4n) is 2.13. The molecule has 0 aliphatic rings. The maximum atomic E-state index is 12.3. The zero-order chi connectivity index (χ0) is 14.1. The molecule has 3 aromatic rings. The van der Waals surface area contributed by atoms with E-state index in [9.17, 15) is 4.79 Å². The van der Waals surface area contributed by atoms with E-state index in [4.69, 9.17) is 0 Å². The molecule has 0 unspecified atom stereocenters. The number of carbonyl (C=O) groups is 1. The molecule has 0 spiro atoms. The summed E-state index contributed by atoms with van der Waals surface area (Å²) in [5.74, 6) is -0.00486. The Labute approximate surface area is 125 Å². The largest absolute Gasteiger partial charge is 0.346 e. The number of hydrogen-bond acceptors (Lipinski definition) is 4. The van der Waals surface area contributed by atoms with Crippen molar-refractivity contribution in [3.63, 3.8) is 0 Å². The summed E-state index contributed by atoms with van der Waals surface area (Å²) in [5.41, 5.74) is 1.06. The molecule has 0 saturated carbocycles. The summed E-state index contributed by atoms with van der Waals surface area (Å²) in [6.07, 6.45) is 1.82. The minimum atomic E-state index is -0.00486. The predicted octanol–water partition coefficient (Wildman–Crippen LogP) is 3.90. The van der Waals surface area contributed by atoms with Gasteiger partial charge in [0.1, 0.15) is 0 Å². The summed E-state index contributed by atoms with van der Waals surface area (Å²) in [4.78, 5) is 18.4. The summed E-state index contributed by atoms with van der Waals surface area (Å²) in [5, 5.41) is 5.16. The van der Waals surface area contributed by atoms with Crippen LogP contribution in [0.1, 0.15) is 25.1 Å². The van der Waals surface area contributed by atoms with Crippen molar-refractivity contribution in [3.8, 4) is 0 Å². The molecule has 0 aliphatic heterocycles. The maximum Gasteiger partial charge on any atom is 0.261 e. The molecule has 2 heterocycles. The van der Waals surface area contributed by atoms with Gasteiger partial charge < -0.3 is 5.32 Å². The van der Waals surface area contributed by atoms with Crippen molar-refractivity contribution < 1.29 is 4.79 Å². The highest BCUT2D eigenvalue weighted by molar-refractivity contribution is 7.21. The van der Waals surface area contributed by atoms with Crippen molar-refractivity contribution in [1.82, 2.24) is 10.3 Å². The lowest BCUT2D eigenvalue weighted by atomic mass is 10.1. The Kier molecular flexibility index (Phi) is 3.54. The molecule has 0 aliphatic carbocycles. The Hall–Kier alpha value is -1.72. The van der Waals surface area contributed by atoms with E-state index in [2.05, 4.69) is 22.4 Å². The van der Waals surface area contributed by atoms with Crippen LogP contribution in [0.3, 0.4) is 0 Å². The molecular weight excluding hydrogens is 288 g/mol. The van der Waals surface area contributed by atoms with Crippen molar-refractivity contribution in [3.05, 3.63) is 50.8 Å². The number of nitrogens with zero attached hydrogens (tertiary/aromatic N) is 1. The molecule has 102 valence electrons. The first-order chi connectivity index (χ1) is 9.65. The number of carbonyl (C=O) groups excluding carboxylic acids is 1. The van der Waals surface area contributed by atoms with Gasteiger partial charge in [-0.25, -0.2) is 4.98 Å². The van der Waals surface area contributed by atoms with Gasteiger partial charge in [0.2, 0.25) is 0 Å².